The fourth-order valence-electron chi connectivity index (χ4n) is 1.71. The third kappa shape index (κ3) is 1.34. The van der Waals surface area contributed by atoms with E-state index in [1.807, 2.05) is 18.3 Å². The second kappa shape index (κ2) is 3.42. The third-order valence-electron chi connectivity index (χ3n) is 2.75. The van der Waals surface area contributed by atoms with Gasteiger partial charge in [0.1, 0.15) is 0 Å². The minimum absolute atomic E-state index is 0.988. The molecule has 0 amide bonds. The monoisotopic (exact) mass is 229 g/mol. The van der Waals surface area contributed by atoms with E-state index in [9.17, 15) is 0 Å². The van der Waals surface area contributed by atoms with Gasteiger partial charge in [-0.25, -0.2) is 4.98 Å². The maximum Gasteiger partial charge on any atom is 0.194 e. The van der Waals surface area contributed by atoms with Gasteiger partial charge in [-0.3, -0.25) is 9.38 Å². The van der Waals surface area contributed by atoms with Crippen molar-refractivity contribution < 1.29 is 0 Å². The Bertz CT molecular complexity index is 637. The van der Waals surface area contributed by atoms with Gasteiger partial charge in [-0.2, -0.15) is 0 Å². The highest BCUT2D eigenvalue weighted by Gasteiger charge is 2.09. The molecule has 0 aromatic carbocycles. The van der Waals surface area contributed by atoms with Crippen LogP contribution in [0.4, 0.5) is 0 Å². The molecule has 4 heteroatoms. The number of hydrogen-bond donors (Lipinski definition) is 0. The van der Waals surface area contributed by atoms with Gasteiger partial charge in [-0.05, 0) is 26.0 Å². The van der Waals surface area contributed by atoms with E-state index in [-0.39, 0.29) is 0 Å². The first kappa shape index (κ1) is 9.54. The number of imidazole rings is 1. The molecule has 0 saturated carbocycles. The van der Waals surface area contributed by atoms with Crippen LogP contribution in [0.5, 0.6) is 0 Å². The number of hydrogen-bond acceptors (Lipinski definition) is 3. The van der Waals surface area contributed by atoms with Gasteiger partial charge in [0.25, 0.3) is 0 Å². The maximum absolute atomic E-state index is 4.61. The van der Waals surface area contributed by atoms with Crippen molar-refractivity contribution in [3.63, 3.8) is 0 Å². The van der Waals surface area contributed by atoms with E-state index in [4.69, 9.17) is 0 Å². The summed E-state index contributed by atoms with van der Waals surface area (Å²) in [7, 11) is 0. The molecule has 80 valence electrons. The van der Waals surface area contributed by atoms with E-state index in [1.165, 1.54) is 10.6 Å². The molecular formula is C12H11N3S. The fraction of sp³-hybridized carbons (Fsp3) is 0.167. The lowest BCUT2D eigenvalue weighted by Gasteiger charge is -1.93. The number of thiazole rings is 1. The molecule has 0 bridgehead atoms. The summed E-state index contributed by atoms with van der Waals surface area (Å²) in [6.07, 6.45) is 5.69. The number of aryl methyl sites for hydroxylation is 2. The van der Waals surface area contributed by atoms with E-state index < -0.39 is 0 Å². The zero-order chi connectivity index (χ0) is 11.1. The number of fused-ring (bicyclic) bond motifs is 1. The number of pyridine rings is 1. The van der Waals surface area contributed by atoms with Crippen molar-refractivity contribution in [3.05, 3.63) is 41.3 Å². The Morgan fingerprint density at radius 2 is 2.19 bits per heavy atom. The van der Waals surface area contributed by atoms with E-state index in [0.717, 1.165) is 16.2 Å². The van der Waals surface area contributed by atoms with Crippen LogP contribution in [0.15, 0.2) is 30.7 Å². The van der Waals surface area contributed by atoms with Crippen molar-refractivity contribution in [1.29, 1.82) is 0 Å². The zero-order valence-corrected chi connectivity index (χ0v) is 9.95. The van der Waals surface area contributed by atoms with Crippen LogP contribution in [0, 0.1) is 13.8 Å². The molecule has 3 aromatic rings. The van der Waals surface area contributed by atoms with Crippen molar-refractivity contribution in [2.24, 2.45) is 0 Å². The molecular weight excluding hydrogens is 218 g/mol. The molecule has 0 aliphatic carbocycles. The molecule has 0 unspecified atom stereocenters. The third-order valence-corrected chi connectivity index (χ3v) is 3.82. The lowest BCUT2D eigenvalue weighted by molar-refractivity contribution is 1.11. The topological polar surface area (TPSA) is 30.2 Å². The summed E-state index contributed by atoms with van der Waals surface area (Å²) in [5, 5.41) is 0. The molecule has 3 rings (SSSR count). The van der Waals surface area contributed by atoms with Gasteiger partial charge in [0.05, 0.1) is 5.69 Å². The van der Waals surface area contributed by atoms with Crippen LogP contribution in [0.1, 0.15) is 10.6 Å². The van der Waals surface area contributed by atoms with Crippen LogP contribution < -0.4 is 0 Å². The second-order valence-electron chi connectivity index (χ2n) is 3.76. The van der Waals surface area contributed by atoms with Gasteiger partial charge in [0.15, 0.2) is 4.96 Å². The van der Waals surface area contributed by atoms with Gasteiger partial charge in [-0.1, -0.05) is 0 Å². The van der Waals surface area contributed by atoms with Crippen molar-refractivity contribution >= 4 is 16.3 Å². The molecule has 16 heavy (non-hydrogen) atoms. The quantitative estimate of drug-likeness (QED) is 0.642. The summed E-state index contributed by atoms with van der Waals surface area (Å²) in [6.45, 7) is 4.24. The minimum Gasteiger partial charge on any atom is -0.294 e. The first-order valence-corrected chi connectivity index (χ1v) is 5.93. The van der Waals surface area contributed by atoms with Crippen LogP contribution in [0.2, 0.25) is 0 Å². The van der Waals surface area contributed by atoms with Gasteiger partial charge in [-0.15, -0.1) is 11.3 Å². The number of rotatable bonds is 1. The van der Waals surface area contributed by atoms with Crippen molar-refractivity contribution in [3.8, 4) is 11.3 Å². The Morgan fingerprint density at radius 1 is 1.31 bits per heavy atom. The highest BCUT2D eigenvalue weighted by Crippen LogP contribution is 2.25. The Morgan fingerprint density at radius 3 is 2.88 bits per heavy atom. The molecule has 3 nitrogen and oxygen atoms in total. The Labute approximate surface area is 97.4 Å². The Hall–Kier alpha value is -1.68. The highest BCUT2D eigenvalue weighted by atomic mass is 32.1. The van der Waals surface area contributed by atoms with Crippen LogP contribution in [-0.2, 0) is 0 Å². The first-order valence-electron chi connectivity index (χ1n) is 5.11. The molecule has 0 radical (unpaired) electrons. The molecule has 0 spiro atoms. The summed E-state index contributed by atoms with van der Waals surface area (Å²) in [4.78, 5) is 11.1. The van der Waals surface area contributed by atoms with Crippen LogP contribution >= 0.6 is 11.3 Å². The average molecular weight is 229 g/mol. The van der Waals surface area contributed by atoms with E-state index in [2.05, 4.69) is 34.4 Å². The van der Waals surface area contributed by atoms with Crippen LogP contribution in [0.3, 0.4) is 0 Å². The van der Waals surface area contributed by atoms with Gasteiger partial charge < -0.3 is 0 Å². The molecule has 0 aliphatic rings. The average Bonchev–Trinajstić information content (AvgIpc) is 2.82. The Kier molecular flexibility index (Phi) is 2.04. The van der Waals surface area contributed by atoms with E-state index in [1.54, 1.807) is 17.5 Å². The highest BCUT2D eigenvalue weighted by molar-refractivity contribution is 7.17. The van der Waals surface area contributed by atoms with Gasteiger partial charge in [0.2, 0.25) is 0 Å². The first-order chi connectivity index (χ1) is 7.75. The number of nitrogens with zero attached hydrogens (tertiary/aromatic N) is 3. The second-order valence-corrected chi connectivity index (χ2v) is 4.95. The Balaban J connectivity index is 2.20. The van der Waals surface area contributed by atoms with E-state index >= 15 is 0 Å². The largest absolute Gasteiger partial charge is 0.294 e. The fourth-order valence-corrected chi connectivity index (χ4v) is 2.66. The lowest BCUT2D eigenvalue weighted by Crippen LogP contribution is -1.82. The van der Waals surface area contributed by atoms with Crippen molar-refractivity contribution in [2.75, 3.05) is 0 Å². The number of aromatic nitrogens is 3. The molecule has 0 saturated heterocycles. The molecule has 3 aromatic heterocycles. The lowest BCUT2D eigenvalue weighted by atomic mass is 10.2. The predicted molar refractivity (Wildman–Crippen MR) is 65.8 cm³/mol. The molecule has 3 heterocycles. The van der Waals surface area contributed by atoms with Crippen molar-refractivity contribution in [1.82, 2.24) is 14.4 Å². The smallest absolute Gasteiger partial charge is 0.194 e. The van der Waals surface area contributed by atoms with Crippen LogP contribution in [-0.4, -0.2) is 14.4 Å². The summed E-state index contributed by atoms with van der Waals surface area (Å²) in [5.74, 6) is 0. The van der Waals surface area contributed by atoms with Crippen LogP contribution in [0.25, 0.3) is 16.2 Å². The van der Waals surface area contributed by atoms with Gasteiger partial charge in [0, 0.05) is 34.7 Å². The maximum atomic E-state index is 4.61. The normalized spacial score (nSPS) is 11.1. The summed E-state index contributed by atoms with van der Waals surface area (Å²) >= 11 is 1.73. The summed E-state index contributed by atoms with van der Waals surface area (Å²) in [5.41, 5.74) is 3.32. The summed E-state index contributed by atoms with van der Waals surface area (Å²) < 4.78 is 2.14. The predicted octanol–water partition coefficient (Wildman–Crippen LogP) is 3.07. The minimum atomic E-state index is 0.988. The molecule has 0 aliphatic heterocycles. The SMILES string of the molecule is Cc1sc2nc(-c3cccnc3)cn2c1C. The zero-order valence-electron chi connectivity index (χ0n) is 9.14. The van der Waals surface area contributed by atoms with Crippen molar-refractivity contribution in [2.45, 2.75) is 13.8 Å². The molecule has 0 fully saturated rings. The van der Waals surface area contributed by atoms with E-state index in [0.29, 0.717) is 0 Å². The molecule has 0 N–H and O–H groups in total. The summed E-state index contributed by atoms with van der Waals surface area (Å²) in [6, 6.07) is 3.96. The molecule has 0 atom stereocenters. The standard InChI is InChI=1S/C12H11N3S/c1-8-9(2)16-12-14-11(7-15(8)12)10-4-3-5-13-6-10/h3-7H,1-2H3. The van der Waals surface area contributed by atoms with Gasteiger partial charge >= 0.3 is 0 Å².